The van der Waals surface area contributed by atoms with Crippen molar-refractivity contribution >= 4 is 5.97 Å². The van der Waals surface area contributed by atoms with Gasteiger partial charge < -0.3 is 9.30 Å². The van der Waals surface area contributed by atoms with Crippen molar-refractivity contribution in [2.45, 2.75) is 20.3 Å². The zero-order valence-corrected chi connectivity index (χ0v) is 10.4. The third-order valence-corrected chi connectivity index (χ3v) is 2.70. The van der Waals surface area contributed by atoms with E-state index in [9.17, 15) is 14.4 Å². The van der Waals surface area contributed by atoms with Crippen LogP contribution in [-0.4, -0.2) is 21.7 Å². The molecule has 0 spiro atoms. The van der Waals surface area contributed by atoms with Gasteiger partial charge in [-0.3, -0.25) is 14.2 Å². The number of hydrogen-bond donors (Lipinski definition) is 0. The molecule has 0 saturated heterocycles. The molecular weight excluding hydrogens is 224 g/mol. The fourth-order valence-corrected chi connectivity index (χ4v) is 1.57. The van der Waals surface area contributed by atoms with Gasteiger partial charge in [0.25, 0.3) is 5.56 Å². The van der Waals surface area contributed by atoms with Gasteiger partial charge in [-0.05, 0) is 13.8 Å². The van der Waals surface area contributed by atoms with E-state index in [-0.39, 0.29) is 13.0 Å². The molecule has 1 aromatic rings. The second kappa shape index (κ2) is 4.99. The molecule has 1 aromatic heterocycles. The quantitative estimate of drug-likeness (QED) is 0.668. The number of ether oxygens (including phenoxy) is 1. The van der Waals surface area contributed by atoms with E-state index in [1.807, 2.05) is 0 Å². The number of hydrogen-bond acceptors (Lipinski definition) is 4. The summed E-state index contributed by atoms with van der Waals surface area (Å²) < 4.78 is 7.12. The van der Waals surface area contributed by atoms with Crippen molar-refractivity contribution in [3.05, 3.63) is 32.1 Å². The van der Waals surface area contributed by atoms with Gasteiger partial charge in [-0.2, -0.15) is 0 Å². The molecule has 0 aromatic carbocycles. The van der Waals surface area contributed by atoms with Crippen molar-refractivity contribution in [1.82, 2.24) is 9.13 Å². The first kappa shape index (κ1) is 13.2. The number of aromatic nitrogens is 2. The number of nitrogens with zero attached hydrogens (tertiary/aromatic N) is 2. The molecule has 0 aliphatic heterocycles. The first-order valence-electron chi connectivity index (χ1n) is 5.31. The lowest BCUT2D eigenvalue weighted by Gasteiger charge is -2.11. The summed E-state index contributed by atoms with van der Waals surface area (Å²) in [4.78, 5) is 34.8. The first-order chi connectivity index (χ1) is 7.90. The largest absolute Gasteiger partial charge is 0.466 e. The second-order valence-electron chi connectivity index (χ2n) is 3.75. The highest BCUT2D eigenvalue weighted by Crippen LogP contribution is 2.01. The Hall–Kier alpha value is -1.85. The standard InChI is InChI=1S/C11H16N2O4/c1-5-17-9(14)6-8-7(2)12(3)11(16)13(4)10(8)15/h5-6H2,1-4H3. The van der Waals surface area contributed by atoms with Crippen molar-refractivity contribution < 1.29 is 9.53 Å². The zero-order chi connectivity index (χ0) is 13.2. The molecule has 94 valence electrons. The molecule has 6 nitrogen and oxygen atoms in total. The van der Waals surface area contributed by atoms with Crippen LogP contribution >= 0.6 is 0 Å². The Kier molecular flexibility index (Phi) is 3.88. The van der Waals surface area contributed by atoms with Crippen molar-refractivity contribution in [2.75, 3.05) is 6.61 Å². The van der Waals surface area contributed by atoms with Crippen LogP contribution in [0.1, 0.15) is 18.2 Å². The highest BCUT2D eigenvalue weighted by atomic mass is 16.5. The molecular formula is C11H16N2O4. The summed E-state index contributed by atoms with van der Waals surface area (Å²) in [6, 6.07) is 0. The van der Waals surface area contributed by atoms with Crippen LogP contribution in [0.2, 0.25) is 0 Å². The molecule has 1 rings (SSSR count). The normalized spacial score (nSPS) is 10.4. The van der Waals surface area contributed by atoms with Gasteiger partial charge in [0.2, 0.25) is 0 Å². The van der Waals surface area contributed by atoms with E-state index in [0.29, 0.717) is 11.3 Å². The van der Waals surface area contributed by atoms with Crippen molar-refractivity contribution in [3.63, 3.8) is 0 Å². The first-order valence-corrected chi connectivity index (χ1v) is 5.31. The van der Waals surface area contributed by atoms with E-state index in [1.165, 1.54) is 11.6 Å². The zero-order valence-electron chi connectivity index (χ0n) is 10.4. The molecule has 0 unspecified atom stereocenters. The predicted molar refractivity (Wildman–Crippen MR) is 62.0 cm³/mol. The lowest BCUT2D eigenvalue weighted by molar-refractivity contribution is -0.142. The van der Waals surface area contributed by atoms with E-state index in [1.54, 1.807) is 20.9 Å². The van der Waals surface area contributed by atoms with E-state index < -0.39 is 17.2 Å². The minimum absolute atomic E-state index is 0.111. The molecule has 1 heterocycles. The lowest BCUT2D eigenvalue weighted by Crippen LogP contribution is -2.41. The van der Waals surface area contributed by atoms with Crippen LogP contribution in [0.15, 0.2) is 9.59 Å². The third kappa shape index (κ3) is 2.46. The summed E-state index contributed by atoms with van der Waals surface area (Å²) in [5.74, 6) is -0.466. The van der Waals surface area contributed by atoms with Gasteiger partial charge in [0.05, 0.1) is 13.0 Å². The molecule has 6 heteroatoms. The average molecular weight is 240 g/mol. The van der Waals surface area contributed by atoms with Crippen molar-refractivity contribution in [1.29, 1.82) is 0 Å². The maximum absolute atomic E-state index is 11.8. The van der Waals surface area contributed by atoms with Gasteiger partial charge in [0.1, 0.15) is 0 Å². The molecule has 0 radical (unpaired) electrons. The summed E-state index contributed by atoms with van der Waals surface area (Å²) in [7, 11) is 2.95. The monoisotopic (exact) mass is 240 g/mol. The molecule has 17 heavy (non-hydrogen) atoms. The maximum Gasteiger partial charge on any atom is 0.330 e. The van der Waals surface area contributed by atoms with Crippen molar-refractivity contribution in [2.24, 2.45) is 14.1 Å². The Labute approximate surface area is 98.4 Å². The topological polar surface area (TPSA) is 70.3 Å². The van der Waals surface area contributed by atoms with Gasteiger partial charge in [-0.1, -0.05) is 0 Å². The number of esters is 1. The molecule has 0 bridgehead atoms. The van der Waals surface area contributed by atoms with Crippen molar-refractivity contribution in [3.8, 4) is 0 Å². The Morgan fingerprint density at radius 1 is 1.24 bits per heavy atom. The number of carbonyl (C=O) groups excluding carboxylic acids is 1. The minimum atomic E-state index is -0.466. The highest BCUT2D eigenvalue weighted by Gasteiger charge is 2.15. The van der Waals surface area contributed by atoms with Crippen LogP contribution in [0.4, 0.5) is 0 Å². The second-order valence-corrected chi connectivity index (χ2v) is 3.75. The van der Waals surface area contributed by atoms with E-state index in [2.05, 4.69) is 0 Å². The van der Waals surface area contributed by atoms with E-state index in [4.69, 9.17) is 4.74 Å². The summed E-state index contributed by atoms with van der Waals surface area (Å²) in [5.41, 5.74) is -0.0574. The third-order valence-electron chi connectivity index (χ3n) is 2.70. The SMILES string of the molecule is CCOC(=O)Cc1c(C)n(C)c(=O)n(C)c1=O. The molecule has 0 saturated carbocycles. The van der Waals surface area contributed by atoms with Gasteiger partial charge in [0, 0.05) is 25.4 Å². The molecule has 0 atom stereocenters. The van der Waals surface area contributed by atoms with Gasteiger partial charge in [0.15, 0.2) is 0 Å². The van der Waals surface area contributed by atoms with Crippen LogP contribution in [0, 0.1) is 6.92 Å². The van der Waals surface area contributed by atoms with Gasteiger partial charge in [-0.15, -0.1) is 0 Å². The average Bonchev–Trinajstić information content (AvgIpc) is 2.30. The Balaban J connectivity index is 3.31. The fraction of sp³-hybridized carbons (Fsp3) is 0.545. The molecule has 0 N–H and O–H groups in total. The number of rotatable bonds is 3. The molecule has 0 aliphatic carbocycles. The minimum Gasteiger partial charge on any atom is -0.466 e. The molecule has 0 fully saturated rings. The summed E-state index contributed by atoms with van der Waals surface area (Å²) in [6.07, 6.45) is -0.111. The van der Waals surface area contributed by atoms with Gasteiger partial charge >= 0.3 is 11.7 Å². The van der Waals surface area contributed by atoms with Crippen LogP contribution < -0.4 is 11.2 Å². The maximum atomic E-state index is 11.8. The summed E-state index contributed by atoms with van der Waals surface area (Å²) >= 11 is 0. The van der Waals surface area contributed by atoms with E-state index in [0.717, 1.165) is 4.57 Å². The number of carbonyl (C=O) groups is 1. The van der Waals surface area contributed by atoms with Crippen LogP contribution in [0.3, 0.4) is 0 Å². The van der Waals surface area contributed by atoms with Crippen LogP contribution in [-0.2, 0) is 30.0 Å². The fourth-order valence-electron chi connectivity index (χ4n) is 1.57. The van der Waals surface area contributed by atoms with E-state index >= 15 is 0 Å². The van der Waals surface area contributed by atoms with Crippen LogP contribution in [0.5, 0.6) is 0 Å². The summed E-state index contributed by atoms with van der Waals surface area (Å²) in [6.45, 7) is 3.60. The lowest BCUT2D eigenvalue weighted by atomic mass is 10.1. The Morgan fingerprint density at radius 3 is 2.35 bits per heavy atom. The predicted octanol–water partition coefficient (Wildman–Crippen LogP) is -0.502. The van der Waals surface area contributed by atoms with Crippen LogP contribution in [0.25, 0.3) is 0 Å². The molecule has 0 amide bonds. The Morgan fingerprint density at radius 2 is 1.82 bits per heavy atom. The molecule has 0 aliphatic rings. The highest BCUT2D eigenvalue weighted by molar-refractivity contribution is 5.72. The van der Waals surface area contributed by atoms with Gasteiger partial charge in [-0.25, -0.2) is 4.79 Å². The smallest absolute Gasteiger partial charge is 0.330 e. The summed E-state index contributed by atoms with van der Waals surface area (Å²) in [5, 5.41) is 0. The Bertz CT molecular complexity index is 554.